The molecular formula is C19H35NO. The van der Waals surface area contributed by atoms with Crippen molar-refractivity contribution >= 4 is 0 Å². The molecule has 0 aromatic carbocycles. The molecule has 0 bridgehead atoms. The predicted octanol–water partition coefficient (Wildman–Crippen LogP) is 4.53. The van der Waals surface area contributed by atoms with Gasteiger partial charge in [-0.15, -0.1) is 0 Å². The maximum absolute atomic E-state index is 6.25. The molecule has 3 aliphatic rings. The second-order valence-electron chi connectivity index (χ2n) is 7.99. The SMILES string of the molecule is CCC1CCC(C(NC)C2CCOC3(CCCC3)C2)CC1. The molecule has 0 aromatic heterocycles. The molecule has 3 fully saturated rings. The molecule has 2 aliphatic carbocycles. The Morgan fingerprint density at radius 1 is 1.05 bits per heavy atom. The van der Waals surface area contributed by atoms with Gasteiger partial charge in [0.25, 0.3) is 0 Å². The highest BCUT2D eigenvalue weighted by Gasteiger charge is 2.43. The van der Waals surface area contributed by atoms with Crippen molar-refractivity contribution in [2.24, 2.45) is 17.8 Å². The molecule has 1 saturated heterocycles. The van der Waals surface area contributed by atoms with Crippen molar-refractivity contribution in [3.8, 4) is 0 Å². The van der Waals surface area contributed by atoms with E-state index in [0.29, 0.717) is 0 Å². The molecule has 3 rings (SSSR count). The van der Waals surface area contributed by atoms with Crippen LogP contribution in [0.25, 0.3) is 0 Å². The van der Waals surface area contributed by atoms with Crippen LogP contribution in [0.2, 0.25) is 0 Å². The fraction of sp³-hybridized carbons (Fsp3) is 1.00. The maximum Gasteiger partial charge on any atom is 0.0685 e. The van der Waals surface area contributed by atoms with E-state index in [1.54, 1.807) is 0 Å². The van der Waals surface area contributed by atoms with E-state index < -0.39 is 0 Å². The summed E-state index contributed by atoms with van der Waals surface area (Å²) in [5, 5.41) is 3.73. The van der Waals surface area contributed by atoms with Gasteiger partial charge in [-0.05, 0) is 63.3 Å². The van der Waals surface area contributed by atoms with Crippen LogP contribution >= 0.6 is 0 Å². The van der Waals surface area contributed by atoms with Crippen LogP contribution in [-0.2, 0) is 4.74 Å². The van der Waals surface area contributed by atoms with Gasteiger partial charge in [0.2, 0.25) is 0 Å². The summed E-state index contributed by atoms with van der Waals surface area (Å²) < 4.78 is 6.25. The van der Waals surface area contributed by atoms with E-state index in [9.17, 15) is 0 Å². The zero-order valence-electron chi connectivity index (χ0n) is 14.2. The summed E-state index contributed by atoms with van der Waals surface area (Å²) in [5.74, 6) is 2.78. The highest BCUT2D eigenvalue weighted by molar-refractivity contribution is 4.96. The summed E-state index contributed by atoms with van der Waals surface area (Å²) in [6.45, 7) is 3.37. The van der Waals surface area contributed by atoms with E-state index in [-0.39, 0.29) is 5.60 Å². The first-order valence-electron chi connectivity index (χ1n) is 9.57. The van der Waals surface area contributed by atoms with Crippen molar-refractivity contribution in [3.05, 3.63) is 0 Å². The summed E-state index contributed by atoms with van der Waals surface area (Å²) in [5.41, 5.74) is 0.276. The molecule has 0 aromatic rings. The minimum absolute atomic E-state index is 0.276. The van der Waals surface area contributed by atoms with Crippen LogP contribution in [0.15, 0.2) is 0 Å². The van der Waals surface area contributed by atoms with Crippen LogP contribution in [0.5, 0.6) is 0 Å². The quantitative estimate of drug-likeness (QED) is 0.822. The largest absolute Gasteiger partial charge is 0.375 e. The van der Waals surface area contributed by atoms with Gasteiger partial charge in [0.05, 0.1) is 5.60 Å². The van der Waals surface area contributed by atoms with Crippen LogP contribution in [0.1, 0.15) is 77.6 Å². The van der Waals surface area contributed by atoms with E-state index in [1.165, 1.54) is 70.6 Å². The molecule has 1 heterocycles. The molecular weight excluding hydrogens is 258 g/mol. The third-order valence-electron chi connectivity index (χ3n) is 6.86. The van der Waals surface area contributed by atoms with Gasteiger partial charge in [0.1, 0.15) is 0 Å². The monoisotopic (exact) mass is 293 g/mol. The number of hydrogen-bond donors (Lipinski definition) is 1. The van der Waals surface area contributed by atoms with Crippen LogP contribution in [0, 0.1) is 17.8 Å². The fourth-order valence-corrected chi connectivity index (χ4v) is 5.55. The number of nitrogens with one attached hydrogen (secondary N) is 1. The molecule has 21 heavy (non-hydrogen) atoms. The van der Waals surface area contributed by atoms with E-state index in [2.05, 4.69) is 19.3 Å². The van der Waals surface area contributed by atoms with Crippen molar-refractivity contribution in [1.82, 2.24) is 5.32 Å². The third-order valence-corrected chi connectivity index (χ3v) is 6.86. The molecule has 0 amide bonds. The molecule has 2 saturated carbocycles. The Morgan fingerprint density at radius 3 is 2.38 bits per heavy atom. The van der Waals surface area contributed by atoms with Crippen LogP contribution in [0.4, 0.5) is 0 Å². The normalized spacial score (nSPS) is 37.7. The zero-order valence-corrected chi connectivity index (χ0v) is 14.2. The van der Waals surface area contributed by atoms with Gasteiger partial charge in [-0.25, -0.2) is 0 Å². The second-order valence-corrected chi connectivity index (χ2v) is 7.99. The van der Waals surface area contributed by atoms with Crippen LogP contribution < -0.4 is 5.32 Å². The van der Waals surface area contributed by atoms with Crippen molar-refractivity contribution in [1.29, 1.82) is 0 Å². The van der Waals surface area contributed by atoms with E-state index in [0.717, 1.165) is 30.4 Å². The lowest BCUT2D eigenvalue weighted by atomic mass is 9.70. The van der Waals surface area contributed by atoms with Gasteiger partial charge in [0.15, 0.2) is 0 Å². The first-order valence-corrected chi connectivity index (χ1v) is 9.57. The summed E-state index contributed by atoms with van der Waals surface area (Å²) in [6.07, 6.45) is 15.2. The Kier molecular flexibility index (Phi) is 5.27. The first kappa shape index (κ1) is 15.8. The Labute approximate surface area is 131 Å². The zero-order chi connectivity index (χ0) is 14.7. The Morgan fingerprint density at radius 2 is 1.76 bits per heavy atom. The molecule has 0 radical (unpaired) electrons. The predicted molar refractivity (Wildman–Crippen MR) is 88.5 cm³/mol. The molecule has 2 heteroatoms. The van der Waals surface area contributed by atoms with Gasteiger partial charge < -0.3 is 10.1 Å². The fourth-order valence-electron chi connectivity index (χ4n) is 5.55. The maximum atomic E-state index is 6.25. The average Bonchev–Trinajstić information content (AvgIpc) is 2.96. The Bertz CT molecular complexity index is 316. The van der Waals surface area contributed by atoms with Crippen molar-refractivity contribution in [2.45, 2.75) is 89.2 Å². The minimum atomic E-state index is 0.276. The number of ether oxygens (including phenoxy) is 1. The summed E-state index contributed by atoms with van der Waals surface area (Å²) in [7, 11) is 2.20. The lowest BCUT2D eigenvalue weighted by Crippen LogP contribution is -2.48. The smallest absolute Gasteiger partial charge is 0.0685 e. The van der Waals surface area contributed by atoms with Gasteiger partial charge in [0, 0.05) is 12.6 Å². The van der Waals surface area contributed by atoms with Gasteiger partial charge in [-0.2, -0.15) is 0 Å². The highest BCUT2D eigenvalue weighted by atomic mass is 16.5. The van der Waals surface area contributed by atoms with Gasteiger partial charge in [-0.1, -0.05) is 39.0 Å². The Hall–Kier alpha value is -0.0800. The summed E-state index contributed by atoms with van der Waals surface area (Å²) in [6, 6.07) is 0.740. The Balaban J connectivity index is 1.60. The lowest BCUT2D eigenvalue weighted by Gasteiger charge is -2.44. The van der Waals surface area contributed by atoms with E-state index in [4.69, 9.17) is 4.74 Å². The van der Waals surface area contributed by atoms with Crippen molar-refractivity contribution in [2.75, 3.05) is 13.7 Å². The van der Waals surface area contributed by atoms with Crippen LogP contribution in [-0.4, -0.2) is 25.3 Å². The second kappa shape index (κ2) is 7.00. The average molecular weight is 293 g/mol. The van der Waals surface area contributed by atoms with Crippen molar-refractivity contribution < 1.29 is 4.74 Å². The van der Waals surface area contributed by atoms with Gasteiger partial charge >= 0.3 is 0 Å². The molecule has 2 atom stereocenters. The van der Waals surface area contributed by atoms with Crippen LogP contribution in [0.3, 0.4) is 0 Å². The topological polar surface area (TPSA) is 21.3 Å². The molecule has 122 valence electrons. The van der Waals surface area contributed by atoms with Gasteiger partial charge in [-0.3, -0.25) is 0 Å². The number of hydrogen-bond acceptors (Lipinski definition) is 2. The van der Waals surface area contributed by atoms with E-state index in [1.807, 2.05) is 0 Å². The van der Waals surface area contributed by atoms with E-state index >= 15 is 0 Å². The molecule has 2 unspecified atom stereocenters. The minimum Gasteiger partial charge on any atom is -0.375 e. The number of rotatable bonds is 4. The summed E-state index contributed by atoms with van der Waals surface area (Å²) in [4.78, 5) is 0. The van der Waals surface area contributed by atoms with Crippen molar-refractivity contribution in [3.63, 3.8) is 0 Å². The summed E-state index contributed by atoms with van der Waals surface area (Å²) >= 11 is 0. The standard InChI is InChI=1S/C19H35NO/c1-3-15-6-8-16(9-7-15)18(20-2)17-10-13-21-19(14-17)11-4-5-12-19/h15-18,20H,3-14H2,1-2H3. The lowest BCUT2D eigenvalue weighted by molar-refractivity contribution is -0.102. The molecule has 1 aliphatic heterocycles. The third kappa shape index (κ3) is 3.47. The highest BCUT2D eigenvalue weighted by Crippen LogP contribution is 2.45. The molecule has 1 spiro atoms. The first-order chi connectivity index (χ1) is 10.3. The molecule has 1 N–H and O–H groups in total. The molecule has 2 nitrogen and oxygen atoms in total.